The van der Waals surface area contributed by atoms with E-state index in [0.717, 1.165) is 55.9 Å². The van der Waals surface area contributed by atoms with Crippen molar-refractivity contribution in [2.75, 3.05) is 4.90 Å². The largest absolute Gasteiger partial charge is 0.456 e. The minimum absolute atomic E-state index is 0.0225. The summed E-state index contributed by atoms with van der Waals surface area (Å²) in [5, 5.41) is 4.70. The SMILES string of the molecule is CCCCCCCC1(CCCCCCC)c2ccccc2-c2ccc(-c3ccc4c(c3)C(C)(C)c3cc(-c5ccc(-c6cc7c(c8c6oc6ccccc68)-c6ccc(N(c8ccc(-c9ccc%10c(c9)C(C)(C)c9cc(-c%11ccc%12c(c%11)C(CCCCCCC)(CCCCCCC)c%11ccccc%11-%12)ccc9-%10)cc8)c8ccc9c(c8)C(C)(C)c8cc%10c(cc8-9)C(C)(C)c8ccc9oc%11ccccc%11c9c8-%10)cc6C7(C)C)cc5)ccc3-4)cc21. The fourth-order valence-corrected chi connectivity index (χ4v) is 29.8. The monoisotopic (exact) mass is 1950 g/mol. The van der Waals surface area contributed by atoms with Gasteiger partial charge in [0.2, 0.25) is 0 Å². The highest BCUT2D eigenvalue weighted by Gasteiger charge is 2.49. The van der Waals surface area contributed by atoms with Crippen LogP contribution < -0.4 is 4.90 Å². The van der Waals surface area contributed by atoms with Crippen LogP contribution in [-0.4, -0.2) is 0 Å². The molecule has 7 aliphatic carbocycles. The number of unbranched alkanes of at least 4 members (excludes halogenated alkanes) is 16. The number of hydrogen-bond acceptors (Lipinski definition) is 3. The summed E-state index contributed by atoms with van der Waals surface area (Å²) < 4.78 is 13.9. The fraction of sp³-hybridized carbons (Fsp3) is 0.306. The molecule has 748 valence electrons. The van der Waals surface area contributed by atoms with Crippen LogP contribution in [0.2, 0.25) is 0 Å². The summed E-state index contributed by atoms with van der Waals surface area (Å²) in [6, 6.07) is 127. The van der Waals surface area contributed by atoms with Gasteiger partial charge in [-0.3, -0.25) is 0 Å². The molecule has 3 nitrogen and oxygen atoms in total. The van der Waals surface area contributed by atoms with E-state index >= 15 is 0 Å². The number of furan rings is 2. The molecule has 0 saturated carbocycles. The zero-order valence-electron chi connectivity index (χ0n) is 90.8. The highest BCUT2D eigenvalue weighted by molar-refractivity contribution is 6.20. The van der Waals surface area contributed by atoms with Gasteiger partial charge in [-0.1, -0.05) is 438 Å². The minimum Gasteiger partial charge on any atom is -0.456 e. The topological polar surface area (TPSA) is 29.5 Å². The lowest BCUT2D eigenvalue weighted by Gasteiger charge is -2.33. The molecule has 26 rings (SSSR count). The van der Waals surface area contributed by atoms with Crippen molar-refractivity contribution in [3.8, 4) is 134 Å². The normalized spacial score (nSPS) is 15.6. The third-order valence-electron chi connectivity index (χ3n) is 38.1. The molecule has 2 aromatic heterocycles. The molecule has 0 N–H and O–H groups in total. The maximum Gasteiger partial charge on any atom is 0.143 e. The van der Waals surface area contributed by atoms with Gasteiger partial charge in [0.05, 0.1) is 0 Å². The first-order valence-electron chi connectivity index (χ1n) is 57.5. The van der Waals surface area contributed by atoms with Gasteiger partial charge in [0.25, 0.3) is 0 Å². The van der Waals surface area contributed by atoms with Crippen LogP contribution >= 0.6 is 0 Å². The molecular formula is C147H143NO2. The average molecular weight is 1960 g/mol. The number of fused-ring (bicyclic) bond motifs is 29. The molecule has 0 spiro atoms. The molecule has 19 aromatic rings. The van der Waals surface area contributed by atoms with Crippen LogP contribution in [0.25, 0.3) is 177 Å². The number of nitrogens with zero attached hydrogens (tertiary/aromatic N) is 1. The van der Waals surface area contributed by atoms with Crippen molar-refractivity contribution in [1.29, 1.82) is 0 Å². The van der Waals surface area contributed by atoms with Crippen molar-refractivity contribution in [3.05, 3.63) is 399 Å². The molecular weight excluding hydrogens is 1810 g/mol. The first-order chi connectivity index (χ1) is 72.9. The van der Waals surface area contributed by atoms with E-state index in [1.54, 1.807) is 22.3 Å². The molecule has 0 amide bonds. The highest BCUT2D eigenvalue weighted by Crippen LogP contribution is 2.65. The molecule has 2 heterocycles. The molecule has 0 unspecified atom stereocenters. The van der Waals surface area contributed by atoms with E-state index in [0.29, 0.717) is 0 Å². The highest BCUT2D eigenvalue weighted by atomic mass is 16.3. The second-order valence-corrected chi connectivity index (χ2v) is 48.6. The Bertz CT molecular complexity index is 8620. The average Bonchev–Trinajstić information content (AvgIpc) is 1.53. The molecule has 0 bridgehead atoms. The number of anilines is 3. The molecule has 0 fully saturated rings. The number of rotatable bonds is 32. The van der Waals surface area contributed by atoms with Crippen molar-refractivity contribution >= 4 is 60.9 Å². The Morgan fingerprint density at radius 3 is 0.953 bits per heavy atom. The van der Waals surface area contributed by atoms with Gasteiger partial charge in [-0.25, -0.2) is 0 Å². The standard InChI is InChI=1S/C147H143NO2/c1-15-19-23-27-39-77-146(78-40-28-24-20-16-2)119-47-35-31-43-104(119)110-71-61-99(85-130(110)146)97-59-69-108-106-67-57-95(81-122(106)142(7,8)124(108)83-97)92-51-53-94(54-52-92)116-89-132-136(139-115-46-34-38-50-134(115)150-140(116)139)113-74-66-103(88-127(113)145(132,13)14)148(102-65-73-112-117-90-129-118(91-128(117)144(11,12)126(112)87-102)137-121(141(129,5)6)75-76-135-138(137)114-45-33-37-49-133(114)149-135)101-63-55-93(56-64-101)96-58-68-107-109-70-60-98(84-125(109)143(9,10)123(107)82-96)100-62-72-111-105-44-32-36-48-120(105)147(131(111)86-100,79-41-29-25-21-17-3)80-42-30-26-22-18-4/h31-38,43-76,81-91H,15-30,39-42,77-80H2,1-14H3. The minimum atomic E-state index is -0.430. The van der Waals surface area contributed by atoms with E-state index in [1.807, 2.05) is 0 Å². The van der Waals surface area contributed by atoms with Crippen molar-refractivity contribution in [1.82, 2.24) is 0 Å². The van der Waals surface area contributed by atoms with Crippen LogP contribution in [0.1, 0.15) is 329 Å². The lowest BCUT2D eigenvalue weighted by molar-refractivity contribution is 0.399. The zero-order valence-corrected chi connectivity index (χ0v) is 90.8. The quantitative estimate of drug-likeness (QED) is 0.0394. The van der Waals surface area contributed by atoms with E-state index < -0.39 is 5.41 Å². The molecule has 7 aliphatic rings. The second kappa shape index (κ2) is 36.8. The van der Waals surface area contributed by atoms with Crippen LogP contribution in [0.4, 0.5) is 17.1 Å². The maximum atomic E-state index is 7.28. The van der Waals surface area contributed by atoms with E-state index in [4.69, 9.17) is 8.83 Å². The van der Waals surface area contributed by atoms with E-state index in [2.05, 4.69) is 423 Å². The molecule has 17 aromatic carbocycles. The van der Waals surface area contributed by atoms with Crippen LogP contribution in [0.5, 0.6) is 0 Å². The summed E-state index contributed by atoms with van der Waals surface area (Å²) in [6.45, 7) is 33.9. The van der Waals surface area contributed by atoms with Crippen molar-refractivity contribution < 1.29 is 8.83 Å². The van der Waals surface area contributed by atoms with Gasteiger partial charge in [0.1, 0.15) is 22.3 Å². The Labute approximate surface area is 890 Å². The summed E-state index contributed by atoms with van der Waals surface area (Å²) in [5.41, 5.74) is 56.8. The number of hydrogen-bond donors (Lipinski definition) is 0. The van der Waals surface area contributed by atoms with Gasteiger partial charge in [-0.2, -0.15) is 0 Å². The summed E-state index contributed by atoms with van der Waals surface area (Å²) >= 11 is 0. The molecule has 0 aliphatic heterocycles. The summed E-state index contributed by atoms with van der Waals surface area (Å²) in [4.78, 5) is 2.56. The zero-order chi connectivity index (χ0) is 102. The van der Waals surface area contributed by atoms with Crippen molar-refractivity contribution in [3.63, 3.8) is 0 Å². The van der Waals surface area contributed by atoms with E-state index in [9.17, 15) is 0 Å². The third kappa shape index (κ3) is 14.9. The van der Waals surface area contributed by atoms with Gasteiger partial charge in [0.15, 0.2) is 0 Å². The van der Waals surface area contributed by atoms with Crippen molar-refractivity contribution in [2.24, 2.45) is 0 Å². The Kier molecular flexibility index (Phi) is 23.5. The molecule has 150 heavy (non-hydrogen) atoms. The summed E-state index contributed by atoms with van der Waals surface area (Å²) in [5.74, 6) is 0. The smallest absolute Gasteiger partial charge is 0.143 e. The fourth-order valence-electron chi connectivity index (χ4n) is 29.8. The Hall–Kier alpha value is -13.9. The molecule has 3 heteroatoms. The number of para-hydroxylation sites is 2. The van der Waals surface area contributed by atoms with Crippen LogP contribution in [-0.2, 0) is 37.9 Å². The first kappa shape index (κ1) is 95.8. The van der Waals surface area contributed by atoms with Gasteiger partial charge in [0, 0.05) is 82.1 Å². The first-order valence-corrected chi connectivity index (χ1v) is 57.5. The van der Waals surface area contributed by atoms with Crippen LogP contribution in [0.15, 0.2) is 330 Å². The van der Waals surface area contributed by atoms with E-state index in [1.165, 1.54) is 348 Å². The Morgan fingerprint density at radius 2 is 0.487 bits per heavy atom. The number of benzene rings is 17. The third-order valence-corrected chi connectivity index (χ3v) is 38.1. The van der Waals surface area contributed by atoms with E-state index in [-0.39, 0.29) is 32.5 Å². The molecule has 0 radical (unpaired) electrons. The Balaban J connectivity index is 0.532. The maximum absolute atomic E-state index is 7.28. The Morgan fingerprint density at radius 1 is 0.187 bits per heavy atom. The van der Waals surface area contributed by atoms with Gasteiger partial charge < -0.3 is 13.7 Å². The van der Waals surface area contributed by atoms with Crippen LogP contribution in [0, 0.1) is 0 Å². The molecule has 0 atom stereocenters. The van der Waals surface area contributed by atoms with Crippen molar-refractivity contribution in [2.45, 2.75) is 289 Å². The van der Waals surface area contributed by atoms with Gasteiger partial charge in [-0.15, -0.1) is 0 Å². The summed E-state index contributed by atoms with van der Waals surface area (Å²) in [7, 11) is 0. The summed E-state index contributed by atoms with van der Waals surface area (Å²) in [6.07, 6.45) is 30.8. The lowest BCUT2D eigenvalue weighted by Crippen LogP contribution is -2.25. The van der Waals surface area contributed by atoms with Gasteiger partial charge in [-0.05, 0) is 341 Å². The molecule has 0 saturated heterocycles. The second-order valence-electron chi connectivity index (χ2n) is 48.6. The predicted molar refractivity (Wildman–Crippen MR) is 637 cm³/mol. The predicted octanol–water partition coefficient (Wildman–Crippen LogP) is 42.8. The van der Waals surface area contributed by atoms with Gasteiger partial charge >= 0.3 is 0 Å². The van der Waals surface area contributed by atoms with Crippen LogP contribution in [0.3, 0.4) is 0 Å². The lowest BCUT2D eigenvalue weighted by atomic mass is 9.70.